The minimum atomic E-state index is -0.223. The van der Waals surface area contributed by atoms with Crippen molar-refractivity contribution in [2.24, 2.45) is 0 Å². The Balaban J connectivity index is 2.27. The van der Waals surface area contributed by atoms with Crippen molar-refractivity contribution in [1.29, 1.82) is 0 Å². The average Bonchev–Trinajstić information content (AvgIpc) is 2.70. The molecule has 3 rings (SSSR count). The Morgan fingerprint density at radius 2 is 2.17 bits per heavy atom. The van der Waals surface area contributed by atoms with Crippen molar-refractivity contribution in [2.75, 3.05) is 0 Å². The van der Waals surface area contributed by atoms with Crippen LogP contribution in [0.5, 0.6) is 0 Å². The zero-order valence-corrected chi connectivity index (χ0v) is 10.3. The molecule has 18 heavy (non-hydrogen) atoms. The SMILES string of the molecule is Cc1nc2[nH]c(-c3cccc(Cl)c3)cc(=O)n2n1. The van der Waals surface area contributed by atoms with Crippen molar-refractivity contribution < 1.29 is 0 Å². The molecule has 0 spiro atoms. The standard InChI is InChI=1S/C12H9ClN4O/c1-7-14-12-15-10(6-11(18)17(12)16-7)8-3-2-4-9(13)5-8/h2-6H,1H3,(H,14,15,16). The summed E-state index contributed by atoms with van der Waals surface area (Å²) in [5.74, 6) is 0.974. The molecule has 0 aliphatic rings. The van der Waals surface area contributed by atoms with Gasteiger partial charge in [-0.3, -0.25) is 4.79 Å². The van der Waals surface area contributed by atoms with Gasteiger partial charge in [-0.15, -0.1) is 5.10 Å². The molecule has 0 unspecified atom stereocenters. The van der Waals surface area contributed by atoms with Crippen molar-refractivity contribution >= 4 is 17.4 Å². The van der Waals surface area contributed by atoms with Crippen LogP contribution in [-0.4, -0.2) is 19.6 Å². The van der Waals surface area contributed by atoms with E-state index in [1.54, 1.807) is 19.1 Å². The van der Waals surface area contributed by atoms with Crippen LogP contribution in [0.3, 0.4) is 0 Å². The number of benzene rings is 1. The molecule has 1 aromatic carbocycles. The zero-order valence-electron chi connectivity index (χ0n) is 9.51. The molecule has 0 fully saturated rings. The van der Waals surface area contributed by atoms with E-state index in [1.807, 2.05) is 12.1 Å². The van der Waals surface area contributed by atoms with Gasteiger partial charge in [-0.2, -0.15) is 9.50 Å². The third kappa shape index (κ3) is 1.78. The van der Waals surface area contributed by atoms with Crippen LogP contribution >= 0.6 is 11.6 Å². The molecule has 5 nitrogen and oxygen atoms in total. The highest BCUT2D eigenvalue weighted by Gasteiger charge is 2.07. The predicted octanol–water partition coefficient (Wildman–Crippen LogP) is 2.05. The van der Waals surface area contributed by atoms with Gasteiger partial charge in [0.25, 0.3) is 5.56 Å². The molecule has 0 saturated heterocycles. The summed E-state index contributed by atoms with van der Waals surface area (Å²) in [5.41, 5.74) is 1.28. The summed E-state index contributed by atoms with van der Waals surface area (Å²) in [7, 11) is 0. The number of H-pyrrole nitrogens is 1. The summed E-state index contributed by atoms with van der Waals surface area (Å²) in [5, 5.41) is 4.62. The Hall–Kier alpha value is -2.14. The van der Waals surface area contributed by atoms with Gasteiger partial charge in [0, 0.05) is 11.1 Å². The summed E-state index contributed by atoms with van der Waals surface area (Å²) in [6.07, 6.45) is 0. The third-order valence-corrected chi connectivity index (χ3v) is 2.81. The quantitative estimate of drug-likeness (QED) is 0.728. The van der Waals surface area contributed by atoms with E-state index in [-0.39, 0.29) is 5.56 Å². The highest BCUT2D eigenvalue weighted by molar-refractivity contribution is 6.30. The number of rotatable bonds is 1. The molecule has 0 aliphatic carbocycles. The number of fused-ring (bicyclic) bond motifs is 1. The second-order valence-corrected chi connectivity index (χ2v) is 4.36. The number of aromatic nitrogens is 4. The minimum Gasteiger partial charge on any atom is -0.323 e. The van der Waals surface area contributed by atoms with E-state index in [2.05, 4.69) is 15.1 Å². The van der Waals surface area contributed by atoms with Crippen LogP contribution in [0.4, 0.5) is 0 Å². The van der Waals surface area contributed by atoms with Crippen molar-refractivity contribution in [3.05, 3.63) is 51.5 Å². The second kappa shape index (κ2) is 3.96. The van der Waals surface area contributed by atoms with Gasteiger partial charge in [0.1, 0.15) is 5.82 Å². The number of hydrogen-bond acceptors (Lipinski definition) is 3. The van der Waals surface area contributed by atoms with E-state index in [9.17, 15) is 4.79 Å². The predicted molar refractivity (Wildman–Crippen MR) is 68.8 cm³/mol. The summed E-state index contributed by atoms with van der Waals surface area (Å²) in [4.78, 5) is 19.1. The van der Waals surface area contributed by atoms with E-state index >= 15 is 0 Å². The number of hydrogen-bond donors (Lipinski definition) is 1. The van der Waals surface area contributed by atoms with Crippen LogP contribution in [0, 0.1) is 6.92 Å². The van der Waals surface area contributed by atoms with Gasteiger partial charge in [-0.05, 0) is 24.6 Å². The maximum Gasteiger partial charge on any atom is 0.276 e. The molecule has 0 aliphatic heterocycles. The van der Waals surface area contributed by atoms with E-state index in [4.69, 9.17) is 11.6 Å². The normalized spacial score (nSPS) is 11.0. The molecule has 0 saturated carbocycles. The first-order valence-corrected chi connectivity index (χ1v) is 5.74. The third-order valence-electron chi connectivity index (χ3n) is 2.57. The molecule has 0 amide bonds. The van der Waals surface area contributed by atoms with Crippen molar-refractivity contribution in [1.82, 2.24) is 19.6 Å². The first-order chi connectivity index (χ1) is 8.63. The van der Waals surface area contributed by atoms with Crippen LogP contribution in [0.2, 0.25) is 5.02 Å². The lowest BCUT2D eigenvalue weighted by molar-refractivity contribution is 0.882. The van der Waals surface area contributed by atoms with Gasteiger partial charge in [-0.25, -0.2) is 0 Å². The number of aromatic amines is 1. The van der Waals surface area contributed by atoms with Gasteiger partial charge < -0.3 is 4.98 Å². The van der Waals surface area contributed by atoms with Crippen molar-refractivity contribution in [3.63, 3.8) is 0 Å². The van der Waals surface area contributed by atoms with Crippen LogP contribution in [0.1, 0.15) is 5.82 Å². The Labute approximate surface area is 107 Å². The molecule has 2 aromatic heterocycles. The Kier molecular flexibility index (Phi) is 2.41. The van der Waals surface area contributed by atoms with Gasteiger partial charge in [0.2, 0.25) is 5.78 Å². The maximum atomic E-state index is 11.9. The maximum absolute atomic E-state index is 11.9. The minimum absolute atomic E-state index is 0.223. The van der Waals surface area contributed by atoms with Gasteiger partial charge >= 0.3 is 0 Å². The Morgan fingerprint density at radius 3 is 2.94 bits per heavy atom. The van der Waals surface area contributed by atoms with Gasteiger partial charge in [-0.1, -0.05) is 23.7 Å². The summed E-state index contributed by atoms with van der Waals surface area (Å²) in [6.45, 7) is 1.74. The van der Waals surface area contributed by atoms with Crippen molar-refractivity contribution in [2.45, 2.75) is 6.92 Å². The molecule has 0 atom stereocenters. The fourth-order valence-corrected chi connectivity index (χ4v) is 1.99. The van der Waals surface area contributed by atoms with Crippen LogP contribution in [0.25, 0.3) is 17.0 Å². The van der Waals surface area contributed by atoms with Crippen LogP contribution < -0.4 is 5.56 Å². The molecular formula is C12H9ClN4O. The molecule has 2 heterocycles. The molecule has 90 valence electrons. The lowest BCUT2D eigenvalue weighted by Crippen LogP contribution is -2.14. The number of nitrogens with one attached hydrogen (secondary N) is 1. The molecular weight excluding hydrogens is 252 g/mol. The molecule has 1 N–H and O–H groups in total. The number of nitrogens with zero attached hydrogens (tertiary/aromatic N) is 3. The zero-order chi connectivity index (χ0) is 12.7. The van der Waals surface area contributed by atoms with E-state index in [0.717, 1.165) is 5.56 Å². The largest absolute Gasteiger partial charge is 0.323 e. The first-order valence-electron chi connectivity index (χ1n) is 5.36. The lowest BCUT2D eigenvalue weighted by atomic mass is 10.1. The van der Waals surface area contributed by atoms with Crippen molar-refractivity contribution in [3.8, 4) is 11.3 Å². The van der Waals surface area contributed by atoms with Gasteiger partial charge in [0.15, 0.2) is 0 Å². The first kappa shape index (κ1) is 11.0. The highest BCUT2D eigenvalue weighted by Crippen LogP contribution is 2.19. The van der Waals surface area contributed by atoms with Crippen LogP contribution in [-0.2, 0) is 0 Å². The molecule has 0 bridgehead atoms. The molecule has 3 aromatic rings. The summed E-state index contributed by atoms with van der Waals surface area (Å²) < 4.78 is 1.24. The van der Waals surface area contributed by atoms with Crippen LogP contribution in [0.15, 0.2) is 35.1 Å². The number of halogens is 1. The highest BCUT2D eigenvalue weighted by atomic mass is 35.5. The molecule has 0 radical (unpaired) electrons. The fourth-order valence-electron chi connectivity index (χ4n) is 1.80. The number of aryl methyl sites for hydroxylation is 1. The average molecular weight is 261 g/mol. The monoisotopic (exact) mass is 260 g/mol. The smallest absolute Gasteiger partial charge is 0.276 e. The van der Waals surface area contributed by atoms with E-state index in [1.165, 1.54) is 10.6 Å². The fraction of sp³-hybridized carbons (Fsp3) is 0.0833. The van der Waals surface area contributed by atoms with E-state index in [0.29, 0.717) is 22.3 Å². The summed E-state index contributed by atoms with van der Waals surface area (Å²) >= 11 is 5.93. The Bertz CT molecular complexity index is 790. The molecule has 6 heteroatoms. The topological polar surface area (TPSA) is 63.0 Å². The Morgan fingerprint density at radius 1 is 1.33 bits per heavy atom. The summed E-state index contributed by atoms with van der Waals surface area (Å²) in [6, 6.07) is 8.74. The lowest BCUT2D eigenvalue weighted by Gasteiger charge is -2.02. The van der Waals surface area contributed by atoms with Gasteiger partial charge in [0.05, 0.1) is 5.69 Å². The van der Waals surface area contributed by atoms with E-state index < -0.39 is 0 Å². The second-order valence-electron chi connectivity index (χ2n) is 3.93.